The van der Waals surface area contributed by atoms with Gasteiger partial charge in [0.25, 0.3) is 0 Å². The lowest BCUT2D eigenvalue weighted by atomic mass is 9.97. The molecule has 0 amide bonds. The molecule has 9 heteroatoms. The van der Waals surface area contributed by atoms with E-state index < -0.39 is 6.16 Å². The zero-order chi connectivity index (χ0) is 31.5. The molecule has 0 atom stereocenters. The van der Waals surface area contributed by atoms with E-state index in [1.807, 2.05) is 89.0 Å². The van der Waals surface area contributed by atoms with Gasteiger partial charge < -0.3 is 19.1 Å². The molecule has 7 rings (SSSR count). The van der Waals surface area contributed by atoms with E-state index in [9.17, 15) is 9.90 Å². The number of carboxylic acid groups (broad SMARTS) is 1. The molecule has 3 aromatic carbocycles. The number of rotatable bonds is 10. The molecule has 4 heterocycles. The van der Waals surface area contributed by atoms with Crippen molar-refractivity contribution in [3.05, 3.63) is 133 Å². The first-order valence-corrected chi connectivity index (χ1v) is 15.1. The van der Waals surface area contributed by atoms with E-state index in [0.29, 0.717) is 26.0 Å². The number of aryl methyl sites for hydroxylation is 2. The summed E-state index contributed by atoms with van der Waals surface area (Å²) >= 11 is 0. The summed E-state index contributed by atoms with van der Waals surface area (Å²) in [6, 6.07) is 27.9. The molecule has 46 heavy (non-hydrogen) atoms. The molecule has 0 unspecified atom stereocenters. The van der Waals surface area contributed by atoms with Gasteiger partial charge in [-0.15, -0.1) is 0 Å². The summed E-state index contributed by atoms with van der Waals surface area (Å²) in [7, 11) is 0. The fourth-order valence-corrected chi connectivity index (χ4v) is 6.11. The van der Waals surface area contributed by atoms with Crippen LogP contribution in [0.4, 0.5) is 4.79 Å². The van der Waals surface area contributed by atoms with E-state index in [1.54, 1.807) is 24.9 Å². The van der Waals surface area contributed by atoms with Gasteiger partial charge in [-0.1, -0.05) is 60.7 Å². The Morgan fingerprint density at radius 2 is 1.70 bits per heavy atom. The molecule has 0 fully saturated rings. The van der Waals surface area contributed by atoms with Crippen LogP contribution in [0.15, 0.2) is 116 Å². The number of benzene rings is 3. The van der Waals surface area contributed by atoms with Crippen LogP contribution in [0.2, 0.25) is 0 Å². The number of hydrogen-bond donors (Lipinski definition) is 1. The molecule has 0 bridgehead atoms. The lowest BCUT2D eigenvalue weighted by Crippen LogP contribution is -2.12. The van der Waals surface area contributed by atoms with Crippen LogP contribution in [0, 0.1) is 6.92 Å². The van der Waals surface area contributed by atoms with E-state index >= 15 is 0 Å². The van der Waals surface area contributed by atoms with Gasteiger partial charge >= 0.3 is 6.16 Å². The van der Waals surface area contributed by atoms with Crippen molar-refractivity contribution in [3.8, 4) is 28.6 Å². The Kier molecular flexibility index (Phi) is 7.87. The van der Waals surface area contributed by atoms with Crippen LogP contribution < -0.4 is 9.47 Å². The van der Waals surface area contributed by atoms with Gasteiger partial charge in [-0.3, -0.25) is 9.55 Å². The summed E-state index contributed by atoms with van der Waals surface area (Å²) < 4.78 is 15.7. The molecule has 0 radical (unpaired) electrons. The van der Waals surface area contributed by atoms with Crippen molar-refractivity contribution in [3.63, 3.8) is 0 Å². The summed E-state index contributed by atoms with van der Waals surface area (Å²) in [6.45, 7) is 2.80. The van der Waals surface area contributed by atoms with Gasteiger partial charge in [0.15, 0.2) is 0 Å². The normalized spacial score (nSPS) is 11.2. The predicted octanol–water partition coefficient (Wildman–Crippen LogP) is 7.86. The minimum absolute atomic E-state index is 0.275. The molecule has 0 spiro atoms. The Hall–Kier alpha value is -5.96. The smallest absolute Gasteiger partial charge is 0.493 e. The van der Waals surface area contributed by atoms with Crippen molar-refractivity contribution in [2.24, 2.45) is 0 Å². The number of aromatic nitrogens is 5. The number of fused-ring (bicyclic) bond motifs is 2. The molecule has 1 N–H and O–H groups in total. The minimum atomic E-state index is -1.38. The van der Waals surface area contributed by atoms with Gasteiger partial charge in [0.1, 0.15) is 17.9 Å². The SMILES string of the molecule is Cc1ccnc(-n2ccnc2)c1-c1cccc2c(CCCOc3cccc4ccccc34)c(OC(=O)O)n(Cc3ccccn3)c12. The largest absolute Gasteiger partial charge is 0.512 e. The van der Waals surface area contributed by atoms with Crippen LogP contribution in [0.3, 0.4) is 0 Å². The molecule has 228 valence electrons. The Labute approximate surface area is 265 Å². The second kappa shape index (κ2) is 12.6. The Bertz CT molecular complexity index is 2150. The third-order valence-corrected chi connectivity index (χ3v) is 8.10. The molecule has 0 aliphatic carbocycles. The fourth-order valence-electron chi connectivity index (χ4n) is 6.11. The monoisotopic (exact) mass is 609 g/mol. The van der Waals surface area contributed by atoms with E-state index in [-0.39, 0.29) is 5.88 Å². The number of para-hydroxylation sites is 1. The van der Waals surface area contributed by atoms with Gasteiger partial charge in [-0.05, 0) is 55.0 Å². The highest BCUT2D eigenvalue weighted by Gasteiger charge is 2.25. The van der Waals surface area contributed by atoms with Gasteiger partial charge in [0.2, 0.25) is 5.88 Å². The standard InChI is InChI=1S/C37H31N5O4/c1-25-17-19-40-35(41-21-20-38-24-41)33(25)31-14-7-13-29-30(15-8-22-45-32-16-6-10-26-9-2-3-12-28(26)32)36(46-37(43)44)42(34(29)31)23-27-11-4-5-18-39-27/h2-7,9-14,16-21,24H,8,15,22-23H2,1H3,(H,43,44). The average molecular weight is 610 g/mol. The molecule has 0 saturated heterocycles. The second-order valence-electron chi connectivity index (χ2n) is 11.0. The molecule has 0 aliphatic rings. The molecule has 7 aromatic rings. The van der Waals surface area contributed by atoms with Gasteiger partial charge in [0, 0.05) is 52.3 Å². The molecular weight excluding hydrogens is 578 g/mol. The van der Waals surface area contributed by atoms with Crippen molar-refractivity contribution < 1.29 is 19.4 Å². The quantitative estimate of drug-likeness (QED) is 0.124. The maximum absolute atomic E-state index is 12.2. The summed E-state index contributed by atoms with van der Waals surface area (Å²) in [5.41, 5.74) is 5.24. The van der Waals surface area contributed by atoms with Crippen LogP contribution in [0.5, 0.6) is 11.6 Å². The summed E-state index contributed by atoms with van der Waals surface area (Å²) in [5, 5.41) is 13.0. The van der Waals surface area contributed by atoms with E-state index in [2.05, 4.69) is 28.2 Å². The van der Waals surface area contributed by atoms with Crippen molar-refractivity contribution in [1.82, 2.24) is 24.1 Å². The maximum atomic E-state index is 12.2. The van der Waals surface area contributed by atoms with Gasteiger partial charge in [-0.2, -0.15) is 0 Å². The first kappa shape index (κ1) is 28.8. The third kappa shape index (κ3) is 5.54. The van der Waals surface area contributed by atoms with Crippen LogP contribution in [0.1, 0.15) is 23.2 Å². The van der Waals surface area contributed by atoms with Crippen LogP contribution in [-0.2, 0) is 13.0 Å². The summed E-state index contributed by atoms with van der Waals surface area (Å²) in [4.78, 5) is 25.7. The molecular formula is C37H31N5O4. The molecule has 9 nitrogen and oxygen atoms in total. The Morgan fingerprint density at radius 3 is 2.52 bits per heavy atom. The molecule has 0 aliphatic heterocycles. The van der Waals surface area contributed by atoms with Crippen LogP contribution in [0.25, 0.3) is 38.6 Å². The second-order valence-corrected chi connectivity index (χ2v) is 11.0. The average Bonchev–Trinajstić information content (AvgIpc) is 3.71. The first-order chi connectivity index (χ1) is 22.6. The number of ether oxygens (including phenoxy) is 2. The topological polar surface area (TPSA) is 104 Å². The van der Waals surface area contributed by atoms with Crippen molar-refractivity contribution in [1.29, 1.82) is 0 Å². The van der Waals surface area contributed by atoms with E-state index in [4.69, 9.17) is 14.5 Å². The van der Waals surface area contributed by atoms with Crippen molar-refractivity contribution in [2.75, 3.05) is 6.61 Å². The highest BCUT2D eigenvalue weighted by Crippen LogP contribution is 2.41. The highest BCUT2D eigenvalue weighted by atomic mass is 16.7. The van der Waals surface area contributed by atoms with Crippen LogP contribution >= 0.6 is 0 Å². The maximum Gasteiger partial charge on any atom is 0.512 e. The number of imidazole rings is 1. The Balaban J connectivity index is 1.34. The zero-order valence-corrected chi connectivity index (χ0v) is 25.2. The van der Waals surface area contributed by atoms with Crippen molar-refractivity contribution in [2.45, 2.75) is 26.3 Å². The Morgan fingerprint density at radius 1 is 0.870 bits per heavy atom. The van der Waals surface area contributed by atoms with Gasteiger partial charge in [0.05, 0.1) is 24.4 Å². The first-order valence-electron chi connectivity index (χ1n) is 15.1. The number of carbonyl (C=O) groups is 1. The zero-order valence-electron chi connectivity index (χ0n) is 25.2. The predicted molar refractivity (Wildman–Crippen MR) is 177 cm³/mol. The minimum Gasteiger partial charge on any atom is -0.493 e. The fraction of sp³-hybridized carbons (Fsp3) is 0.135. The lowest BCUT2D eigenvalue weighted by Gasteiger charge is -2.16. The molecule has 4 aromatic heterocycles. The van der Waals surface area contributed by atoms with Gasteiger partial charge in [-0.25, -0.2) is 14.8 Å². The summed E-state index contributed by atoms with van der Waals surface area (Å²) in [6.07, 6.45) is 8.60. The lowest BCUT2D eigenvalue weighted by molar-refractivity contribution is 0.140. The van der Waals surface area contributed by atoms with E-state index in [1.165, 1.54) is 0 Å². The van der Waals surface area contributed by atoms with E-state index in [0.717, 1.165) is 61.2 Å². The van der Waals surface area contributed by atoms with Crippen molar-refractivity contribution >= 4 is 27.8 Å². The number of hydrogen-bond acceptors (Lipinski definition) is 6. The highest BCUT2D eigenvalue weighted by molar-refractivity contribution is 6.00. The number of nitrogens with zero attached hydrogens (tertiary/aromatic N) is 5. The summed E-state index contributed by atoms with van der Waals surface area (Å²) in [5.74, 6) is 1.82. The van der Waals surface area contributed by atoms with Crippen LogP contribution in [-0.4, -0.2) is 42.0 Å². The molecule has 0 saturated carbocycles. The third-order valence-electron chi connectivity index (χ3n) is 8.10. The number of pyridine rings is 2.